The normalized spacial score (nSPS) is 12.4. The van der Waals surface area contributed by atoms with Crippen LogP contribution in [0.1, 0.15) is 74.7 Å². The van der Waals surface area contributed by atoms with Crippen molar-refractivity contribution in [2.24, 2.45) is 0 Å². The Morgan fingerprint density at radius 1 is 1.02 bits per heavy atom. The van der Waals surface area contributed by atoms with Gasteiger partial charge >= 0.3 is 5.97 Å². The summed E-state index contributed by atoms with van der Waals surface area (Å²) in [6, 6.07) is 20.6. The molecular weight excluding hydrogens is 554 g/mol. The minimum absolute atomic E-state index is 0.127. The monoisotopic (exact) mass is 591 g/mol. The summed E-state index contributed by atoms with van der Waals surface area (Å²) in [7, 11) is 0. The van der Waals surface area contributed by atoms with E-state index in [1.54, 1.807) is 40.8 Å². The highest BCUT2D eigenvalue weighted by Crippen LogP contribution is 2.36. The van der Waals surface area contributed by atoms with Gasteiger partial charge in [-0.1, -0.05) is 62.4 Å². The summed E-state index contributed by atoms with van der Waals surface area (Å²) >= 11 is 0. The highest BCUT2D eigenvalue weighted by molar-refractivity contribution is 6.06. The molecule has 0 atom stereocenters. The molecule has 8 heteroatoms. The molecule has 1 amide bonds. The Morgan fingerprint density at radius 3 is 2.50 bits per heavy atom. The standard InChI is InChI=1S/C36H37N3O5/c1-4-7-12-32-33(34(36(42)43-6-3)37-39(32)28-14-16-29(17-15-28)44-21-5-2)30-18-13-25(24-40)22-31(30)35(41)38-20-19-26-10-8-9-11-27(26)23-38/h5,8-11,13-18,22,24H,2,4,6-7,12,19-21,23H2,1,3H3. The molecule has 44 heavy (non-hydrogen) atoms. The van der Waals surface area contributed by atoms with Crippen LogP contribution >= 0.6 is 0 Å². The molecule has 0 fully saturated rings. The summed E-state index contributed by atoms with van der Waals surface area (Å²) < 4.78 is 12.9. The lowest BCUT2D eigenvalue weighted by atomic mass is 9.92. The number of aromatic nitrogens is 2. The smallest absolute Gasteiger partial charge is 0.359 e. The largest absolute Gasteiger partial charge is 0.490 e. The average Bonchev–Trinajstić information content (AvgIpc) is 3.45. The maximum Gasteiger partial charge on any atom is 0.359 e. The van der Waals surface area contributed by atoms with Crippen molar-refractivity contribution in [3.05, 3.63) is 113 Å². The van der Waals surface area contributed by atoms with Gasteiger partial charge in [0.1, 0.15) is 18.6 Å². The minimum Gasteiger partial charge on any atom is -0.490 e. The van der Waals surface area contributed by atoms with Crippen LogP contribution in [0.5, 0.6) is 5.75 Å². The number of fused-ring (bicyclic) bond motifs is 1. The lowest BCUT2D eigenvalue weighted by molar-refractivity contribution is 0.0519. The van der Waals surface area contributed by atoms with E-state index in [1.807, 2.05) is 42.5 Å². The molecule has 8 nitrogen and oxygen atoms in total. The Kier molecular flexibility index (Phi) is 9.69. The van der Waals surface area contributed by atoms with Crippen molar-refractivity contribution in [1.82, 2.24) is 14.7 Å². The average molecular weight is 592 g/mol. The summed E-state index contributed by atoms with van der Waals surface area (Å²) in [5.41, 5.74) is 5.80. The van der Waals surface area contributed by atoms with Crippen LogP contribution < -0.4 is 4.74 Å². The van der Waals surface area contributed by atoms with E-state index in [9.17, 15) is 14.4 Å². The number of hydrogen-bond donors (Lipinski definition) is 0. The Balaban J connectivity index is 1.67. The molecule has 0 unspecified atom stereocenters. The van der Waals surface area contributed by atoms with E-state index in [-0.39, 0.29) is 18.2 Å². The summed E-state index contributed by atoms with van der Waals surface area (Å²) in [5, 5.41) is 4.80. The highest BCUT2D eigenvalue weighted by atomic mass is 16.5. The third-order valence-corrected chi connectivity index (χ3v) is 7.76. The fraction of sp³-hybridized carbons (Fsp3) is 0.278. The first-order valence-corrected chi connectivity index (χ1v) is 15.1. The molecule has 2 heterocycles. The van der Waals surface area contributed by atoms with Gasteiger partial charge in [0, 0.05) is 29.8 Å². The van der Waals surface area contributed by atoms with Crippen molar-refractivity contribution in [2.45, 2.75) is 46.1 Å². The number of carbonyl (C=O) groups is 3. The predicted molar refractivity (Wildman–Crippen MR) is 170 cm³/mol. The molecule has 1 aromatic heterocycles. The summed E-state index contributed by atoms with van der Waals surface area (Å²) in [6.07, 6.45) is 5.50. The maximum atomic E-state index is 14.3. The zero-order valence-electron chi connectivity index (χ0n) is 25.3. The highest BCUT2D eigenvalue weighted by Gasteiger charge is 2.31. The number of rotatable bonds is 12. The molecule has 0 N–H and O–H groups in total. The zero-order valence-corrected chi connectivity index (χ0v) is 25.3. The number of esters is 1. The first kappa shape index (κ1) is 30.5. The van der Waals surface area contributed by atoms with Crippen molar-refractivity contribution in [3.63, 3.8) is 0 Å². The van der Waals surface area contributed by atoms with Crippen molar-refractivity contribution < 1.29 is 23.9 Å². The lowest BCUT2D eigenvalue weighted by Gasteiger charge is -2.29. The number of benzene rings is 3. The SMILES string of the molecule is C=CCOc1ccc(-n2nc(C(=O)OCC)c(-c3ccc(C=O)cc3C(=O)N3CCc4ccccc4C3)c2CCCC)cc1. The van der Waals surface area contributed by atoms with Crippen LogP contribution in [-0.4, -0.2) is 52.6 Å². The van der Waals surface area contributed by atoms with Crippen LogP contribution in [0.15, 0.2) is 79.4 Å². The van der Waals surface area contributed by atoms with Crippen LogP contribution in [-0.2, 0) is 24.1 Å². The maximum absolute atomic E-state index is 14.3. The molecule has 3 aromatic carbocycles. The van der Waals surface area contributed by atoms with Gasteiger partial charge in [-0.3, -0.25) is 9.59 Å². The molecular formula is C36H37N3O5. The number of hydrogen-bond acceptors (Lipinski definition) is 6. The fourth-order valence-corrected chi connectivity index (χ4v) is 5.58. The molecule has 0 bridgehead atoms. The van der Waals surface area contributed by atoms with Crippen LogP contribution in [0.25, 0.3) is 16.8 Å². The zero-order chi connectivity index (χ0) is 31.1. The van der Waals surface area contributed by atoms with Crippen molar-refractivity contribution in [3.8, 4) is 22.6 Å². The van der Waals surface area contributed by atoms with Crippen LogP contribution in [0, 0.1) is 0 Å². The van der Waals surface area contributed by atoms with Crippen LogP contribution in [0.3, 0.4) is 0 Å². The van der Waals surface area contributed by atoms with Crippen molar-refractivity contribution >= 4 is 18.2 Å². The molecule has 0 aliphatic carbocycles. The third-order valence-electron chi connectivity index (χ3n) is 7.76. The molecule has 4 aromatic rings. The minimum atomic E-state index is -0.574. The van der Waals surface area contributed by atoms with Gasteiger partial charge in [-0.05, 0) is 73.2 Å². The van der Waals surface area contributed by atoms with E-state index < -0.39 is 5.97 Å². The second kappa shape index (κ2) is 14.0. The first-order chi connectivity index (χ1) is 21.5. The van der Waals surface area contributed by atoms with Crippen molar-refractivity contribution in [1.29, 1.82) is 0 Å². The molecule has 5 rings (SSSR count). The van der Waals surface area contributed by atoms with Crippen LogP contribution in [0.2, 0.25) is 0 Å². The Labute approximate surface area is 257 Å². The van der Waals surface area contributed by atoms with Crippen molar-refractivity contribution in [2.75, 3.05) is 19.8 Å². The van der Waals surface area contributed by atoms with Crippen LogP contribution in [0.4, 0.5) is 0 Å². The molecule has 0 saturated carbocycles. The second-order valence-corrected chi connectivity index (χ2v) is 10.7. The molecule has 226 valence electrons. The van der Waals surface area contributed by atoms with Gasteiger partial charge in [0.25, 0.3) is 5.91 Å². The molecule has 0 saturated heterocycles. The second-order valence-electron chi connectivity index (χ2n) is 10.7. The molecule has 0 radical (unpaired) electrons. The molecule has 1 aliphatic heterocycles. The van der Waals surface area contributed by atoms with Gasteiger partial charge in [0.05, 0.1) is 18.0 Å². The number of nitrogens with zero attached hydrogens (tertiary/aromatic N) is 3. The van der Waals surface area contributed by atoms with E-state index in [0.717, 1.165) is 42.5 Å². The van der Waals surface area contributed by atoms with Gasteiger partial charge in [-0.2, -0.15) is 5.10 Å². The predicted octanol–water partition coefficient (Wildman–Crippen LogP) is 6.63. The van der Waals surface area contributed by atoms with Gasteiger partial charge in [-0.25, -0.2) is 9.48 Å². The Bertz CT molecular complexity index is 1670. The van der Waals surface area contributed by atoms with E-state index in [1.165, 1.54) is 5.56 Å². The number of aldehydes is 1. The number of ether oxygens (including phenoxy) is 2. The fourth-order valence-electron chi connectivity index (χ4n) is 5.58. The number of amides is 1. The lowest BCUT2D eigenvalue weighted by Crippen LogP contribution is -2.36. The summed E-state index contributed by atoms with van der Waals surface area (Å²) in [6.45, 7) is 9.11. The van der Waals surface area contributed by atoms with E-state index in [2.05, 4.69) is 19.6 Å². The number of carbonyl (C=O) groups excluding carboxylic acids is 3. The van der Waals surface area contributed by atoms with Gasteiger partial charge in [-0.15, -0.1) is 0 Å². The molecule has 1 aliphatic rings. The van der Waals surface area contributed by atoms with Gasteiger partial charge in [0.15, 0.2) is 5.69 Å². The Morgan fingerprint density at radius 2 is 1.80 bits per heavy atom. The summed E-state index contributed by atoms with van der Waals surface area (Å²) in [4.78, 5) is 41.4. The summed E-state index contributed by atoms with van der Waals surface area (Å²) in [5.74, 6) is -0.0946. The molecule has 0 spiro atoms. The van der Waals surface area contributed by atoms with Gasteiger partial charge in [0.2, 0.25) is 0 Å². The van der Waals surface area contributed by atoms with E-state index >= 15 is 0 Å². The third kappa shape index (κ3) is 6.34. The van der Waals surface area contributed by atoms with E-state index in [0.29, 0.717) is 54.1 Å². The van der Waals surface area contributed by atoms with Gasteiger partial charge < -0.3 is 14.4 Å². The van der Waals surface area contributed by atoms with E-state index in [4.69, 9.17) is 14.6 Å². The Hall–Kier alpha value is -4.98. The first-order valence-electron chi connectivity index (χ1n) is 15.1. The quantitative estimate of drug-likeness (QED) is 0.104. The number of unbranched alkanes of at least 4 members (excludes halogenated alkanes) is 1. The topological polar surface area (TPSA) is 90.7 Å².